The van der Waals surface area contributed by atoms with Gasteiger partial charge in [0.05, 0.1) is 25.2 Å². The second-order valence-corrected chi connectivity index (χ2v) is 19.3. The molecule has 0 aliphatic rings. The van der Waals surface area contributed by atoms with E-state index in [4.69, 9.17) is 4.74 Å². The summed E-state index contributed by atoms with van der Waals surface area (Å²) in [6, 6.07) is -0.704. The van der Waals surface area contributed by atoms with Gasteiger partial charge in [0.1, 0.15) is 6.10 Å². The van der Waals surface area contributed by atoms with Gasteiger partial charge in [-0.25, -0.2) is 0 Å². The van der Waals surface area contributed by atoms with Gasteiger partial charge in [0.25, 0.3) is 0 Å². The summed E-state index contributed by atoms with van der Waals surface area (Å²) < 4.78 is 5.95. The Balaban J connectivity index is 4.55. The predicted octanol–water partition coefficient (Wildman–Crippen LogP) is 17.1. The average molecular weight is 889 g/mol. The van der Waals surface area contributed by atoms with Crippen LogP contribution in [0.2, 0.25) is 0 Å². The number of aliphatic hydroxyl groups excluding tert-OH is 2. The molecule has 0 spiro atoms. The van der Waals surface area contributed by atoms with Crippen LogP contribution in [-0.4, -0.2) is 46.9 Å². The number of rotatable bonds is 51. The number of unbranched alkanes of at least 4 members (excludes halogenated alkanes) is 35. The number of hydrogen-bond donors (Lipinski definition) is 3. The fraction of sp³-hybridized carbons (Fsp3) is 0.895. The number of esters is 1. The van der Waals surface area contributed by atoms with Crippen LogP contribution in [0.3, 0.4) is 0 Å². The molecule has 0 saturated carbocycles. The Morgan fingerprint density at radius 3 is 1.14 bits per heavy atom. The van der Waals surface area contributed by atoms with Gasteiger partial charge in [-0.1, -0.05) is 238 Å². The number of nitrogens with one attached hydrogen (secondary N) is 1. The maximum Gasteiger partial charge on any atom is 0.306 e. The van der Waals surface area contributed by atoms with Crippen LogP contribution in [0, 0.1) is 0 Å². The molecular weight excluding hydrogens is 779 g/mol. The highest BCUT2D eigenvalue weighted by atomic mass is 16.5. The molecule has 6 heteroatoms. The highest BCUT2D eigenvalue weighted by Gasteiger charge is 2.24. The standard InChI is InChI=1S/C57H109NO5/c1-4-7-10-13-16-19-22-24-26-28-29-31-33-35-38-41-44-47-50-57(62)63-53(48-45-42-39-36-34-32-30-27-25-23-20-17-14-11-8-5-2)51-56(61)58-54(52-59)55(60)49-46-43-40-37-21-18-15-12-9-6-3/h29,31-32,34,53-55,59-60H,4-28,30,33,35-52H2,1-3H3,(H,58,61)/b31-29+,34-32+. The van der Waals surface area contributed by atoms with Gasteiger partial charge < -0.3 is 20.3 Å². The molecule has 0 rings (SSSR count). The molecule has 0 heterocycles. The van der Waals surface area contributed by atoms with E-state index >= 15 is 0 Å². The van der Waals surface area contributed by atoms with Crippen LogP contribution < -0.4 is 5.32 Å². The number of carbonyl (C=O) groups excluding carboxylic acids is 2. The maximum absolute atomic E-state index is 13.2. The van der Waals surface area contributed by atoms with Crippen molar-refractivity contribution in [2.75, 3.05) is 6.61 Å². The molecule has 6 nitrogen and oxygen atoms in total. The third kappa shape index (κ3) is 46.7. The van der Waals surface area contributed by atoms with Gasteiger partial charge in [0, 0.05) is 6.42 Å². The van der Waals surface area contributed by atoms with Crippen LogP contribution in [0.1, 0.15) is 303 Å². The maximum atomic E-state index is 13.2. The number of hydrogen-bond acceptors (Lipinski definition) is 5. The lowest BCUT2D eigenvalue weighted by Gasteiger charge is -2.24. The second-order valence-electron chi connectivity index (χ2n) is 19.3. The van der Waals surface area contributed by atoms with Crippen LogP contribution in [0.25, 0.3) is 0 Å². The Labute approximate surface area is 392 Å². The van der Waals surface area contributed by atoms with Crippen molar-refractivity contribution in [1.29, 1.82) is 0 Å². The van der Waals surface area contributed by atoms with Crippen molar-refractivity contribution in [3.63, 3.8) is 0 Å². The zero-order chi connectivity index (χ0) is 45.9. The van der Waals surface area contributed by atoms with E-state index < -0.39 is 18.2 Å². The first-order valence-corrected chi connectivity index (χ1v) is 28.1. The Morgan fingerprint density at radius 1 is 0.444 bits per heavy atom. The first-order valence-electron chi connectivity index (χ1n) is 28.1. The minimum Gasteiger partial charge on any atom is -0.462 e. The third-order valence-corrected chi connectivity index (χ3v) is 13.0. The van der Waals surface area contributed by atoms with Crippen LogP contribution in [0.5, 0.6) is 0 Å². The Bertz CT molecular complexity index is 997. The number of aliphatic hydroxyl groups is 2. The number of amides is 1. The van der Waals surface area contributed by atoms with Gasteiger partial charge in [-0.15, -0.1) is 0 Å². The molecule has 0 saturated heterocycles. The van der Waals surface area contributed by atoms with Gasteiger partial charge >= 0.3 is 5.97 Å². The molecule has 3 unspecified atom stereocenters. The van der Waals surface area contributed by atoms with E-state index in [1.165, 1.54) is 186 Å². The molecule has 1 amide bonds. The summed E-state index contributed by atoms with van der Waals surface area (Å²) in [7, 11) is 0. The SMILES string of the molecule is CCCCCCCCCCC/C=C/CCCCCCCC(=O)OC(CCCCC/C=C/CCCCCCCCCCC)CC(=O)NC(CO)C(O)CCCCCCCCCCCC. The van der Waals surface area contributed by atoms with Crippen LogP contribution >= 0.6 is 0 Å². The zero-order valence-electron chi connectivity index (χ0n) is 42.5. The van der Waals surface area contributed by atoms with Crippen molar-refractivity contribution in [2.45, 2.75) is 322 Å². The van der Waals surface area contributed by atoms with Crippen LogP contribution in [-0.2, 0) is 14.3 Å². The monoisotopic (exact) mass is 888 g/mol. The van der Waals surface area contributed by atoms with Gasteiger partial charge in [-0.2, -0.15) is 0 Å². The van der Waals surface area contributed by atoms with E-state index in [2.05, 4.69) is 50.4 Å². The summed E-state index contributed by atoms with van der Waals surface area (Å²) in [6.07, 6.45) is 59.6. The largest absolute Gasteiger partial charge is 0.462 e. The van der Waals surface area contributed by atoms with Crippen molar-refractivity contribution in [1.82, 2.24) is 5.32 Å². The van der Waals surface area contributed by atoms with E-state index in [0.717, 1.165) is 70.6 Å². The van der Waals surface area contributed by atoms with Gasteiger partial charge in [0.15, 0.2) is 0 Å². The first-order chi connectivity index (χ1) is 31.0. The molecule has 0 fully saturated rings. The molecule has 0 aromatic carbocycles. The van der Waals surface area contributed by atoms with E-state index in [0.29, 0.717) is 19.3 Å². The Kier molecular flexibility index (Phi) is 50.0. The van der Waals surface area contributed by atoms with Crippen molar-refractivity contribution in [2.24, 2.45) is 0 Å². The molecule has 0 aromatic heterocycles. The molecule has 0 aromatic rings. The fourth-order valence-electron chi connectivity index (χ4n) is 8.72. The quantitative estimate of drug-likeness (QED) is 0.0321. The molecule has 0 bridgehead atoms. The molecule has 3 N–H and O–H groups in total. The van der Waals surface area contributed by atoms with E-state index in [-0.39, 0.29) is 24.9 Å². The highest BCUT2D eigenvalue weighted by Crippen LogP contribution is 2.18. The second kappa shape index (κ2) is 51.3. The topological polar surface area (TPSA) is 95.9 Å². The molecule has 0 radical (unpaired) electrons. The molecule has 0 aliphatic carbocycles. The fourth-order valence-corrected chi connectivity index (χ4v) is 8.72. The molecular formula is C57H109NO5. The Hall–Kier alpha value is -1.66. The third-order valence-electron chi connectivity index (χ3n) is 13.0. The summed E-state index contributed by atoms with van der Waals surface area (Å²) in [5.41, 5.74) is 0. The highest BCUT2D eigenvalue weighted by molar-refractivity contribution is 5.77. The van der Waals surface area contributed by atoms with Crippen molar-refractivity contribution in [3.05, 3.63) is 24.3 Å². The van der Waals surface area contributed by atoms with E-state index in [9.17, 15) is 19.8 Å². The molecule has 63 heavy (non-hydrogen) atoms. The normalized spacial score (nSPS) is 13.3. The van der Waals surface area contributed by atoms with Gasteiger partial charge in [-0.05, 0) is 77.0 Å². The first kappa shape index (κ1) is 61.3. The summed E-state index contributed by atoms with van der Waals surface area (Å²) in [4.78, 5) is 26.2. The number of carbonyl (C=O) groups is 2. The minimum absolute atomic E-state index is 0.0680. The summed E-state index contributed by atoms with van der Waals surface area (Å²) in [5.74, 6) is -0.484. The number of ether oxygens (including phenoxy) is 1. The lowest BCUT2D eigenvalue weighted by Crippen LogP contribution is -2.46. The summed E-state index contributed by atoms with van der Waals surface area (Å²) >= 11 is 0. The number of allylic oxidation sites excluding steroid dienone is 4. The zero-order valence-corrected chi connectivity index (χ0v) is 42.5. The van der Waals surface area contributed by atoms with Crippen LogP contribution in [0.4, 0.5) is 0 Å². The lowest BCUT2D eigenvalue weighted by molar-refractivity contribution is -0.151. The van der Waals surface area contributed by atoms with Crippen molar-refractivity contribution in [3.8, 4) is 0 Å². The Morgan fingerprint density at radius 2 is 0.762 bits per heavy atom. The van der Waals surface area contributed by atoms with Crippen LogP contribution in [0.15, 0.2) is 24.3 Å². The predicted molar refractivity (Wildman–Crippen MR) is 273 cm³/mol. The minimum atomic E-state index is -0.789. The molecule has 3 atom stereocenters. The van der Waals surface area contributed by atoms with E-state index in [1.54, 1.807) is 0 Å². The van der Waals surface area contributed by atoms with Crippen molar-refractivity contribution >= 4 is 11.9 Å². The summed E-state index contributed by atoms with van der Waals surface area (Å²) in [5, 5.41) is 23.8. The average Bonchev–Trinajstić information content (AvgIpc) is 3.28. The molecule has 372 valence electrons. The molecule has 0 aliphatic heterocycles. The van der Waals surface area contributed by atoms with Gasteiger partial charge in [0.2, 0.25) is 5.91 Å². The lowest BCUT2D eigenvalue weighted by atomic mass is 10.0. The van der Waals surface area contributed by atoms with Gasteiger partial charge in [-0.3, -0.25) is 9.59 Å². The van der Waals surface area contributed by atoms with Crippen molar-refractivity contribution < 1.29 is 24.5 Å². The smallest absolute Gasteiger partial charge is 0.306 e. The summed E-state index contributed by atoms with van der Waals surface area (Å²) in [6.45, 7) is 6.49. The van der Waals surface area contributed by atoms with E-state index in [1.807, 2.05) is 0 Å².